The van der Waals surface area contributed by atoms with E-state index < -0.39 is 0 Å². The molecule has 1 aliphatic heterocycles. The minimum atomic E-state index is -0.211. The smallest absolute Gasteiger partial charge is 0.126 e. The Balaban J connectivity index is 2.29. The summed E-state index contributed by atoms with van der Waals surface area (Å²) in [5.41, 5.74) is 12.2. The molecule has 1 aliphatic rings. The average molecular weight is 181 g/mol. The lowest BCUT2D eigenvalue weighted by Crippen LogP contribution is -2.38. The van der Waals surface area contributed by atoms with Gasteiger partial charge in [0.1, 0.15) is 5.82 Å². The number of benzene rings is 1. The van der Waals surface area contributed by atoms with E-state index in [4.69, 9.17) is 5.73 Å². The summed E-state index contributed by atoms with van der Waals surface area (Å²) in [6, 6.07) is 6.73. The van der Waals surface area contributed by atoms with Crippen molar-refractivity contribution in [3.63, 3.8) is 0 Å². The van der Waals surface area contributed by atoms with Crippen LogP contribution in [0.15, 0.2) is 24.3 Å². The van der Waals surface area contributed by atoms with Gasteiger partial charge in [-0.15, -0.1) is 0 Å². The van der Waals surface area contributed by atoms with Gasteiger partial charge >= 0.3 is 0 Å². The first kappa shape index (κ1) is 8.62. The predicted molar refractivity (Wildman–Crippen MR) is 48.3 cm³/mol. The van der Waals surface area contributed by atoms with Crippen LogP contribution >= 0.6 is 0 Å². The molecule has 1 aromatic carbocycles. The minimum Gasteiger partial charge on any atom is -0.314 e. The number of hydrazine groups is 1. The molecular weight excluding hydrogens is 169 g/mol. The molecule has 0 radical (unpaired) electrons. The highest BCUT2D eigenvalue weighted by Gasteiger charge is 2.26. The van der Waals surface area contributed by atoms with E-state index in [9.17, 15) is 4.39 Å². The normalized spacial score (nSPS) is 27.8. The fourth-order valence-corrected chi connectivity index (χ4v) is 1.59. The Hall–Kier alpha value is -0.970. The fraction of sp³-hybridized carbons (Fsp3) is 0.333. The number of nitrogens with two attached hydrogens (primary N) is 1. The van der Waals surface area contributed by atoms with Gasteiger partial charge in [0.25, 0.3) is 0 Å². The molecule has 0 spiro atoms. The topological polar surface area (TPSA) is 50.1 Å². The zero-order valence-electron chi connectivity index (χ0n) is 7.13. The van der Waals surface area contributed by atoms with Crippen LogP contribution < -0.4 is 16.6 Å². The third kappa shape index (κ3) is 1.56. The van der Waals surface area contributed by atoms with Gasteiger partial charge in [-0.1, -0.05) is 18.2 Å². The molecule has 1 aromatic rings. The fourth-order valence-electron chi connectivity index (χ4n) is 1.59. The molecule has 4 heteroatoms. The minimum absolute atomic E-state index is 0.0150. The lowest BCUT2D eigenvalue weighted by atomic mass is 9.97. The van der Waals surface area contributed by atoms with Crippen LogP contribution in [0.3, 0.4) is 0 Å². The molecule has 0 amide bonds. The number of halogens is 1. The van der Waals surface area contributed by atoms with E-state index in [-0.39, 0.29) is 17.9 Å². The van der Waals surface area contributed by atoms with Crippen molar-refractivity contribution in [1.82, 2.24) is 10.9 Å². The van der Waals surface area contributed by atoms with Crippen molar-refractivity contribution in [1.29, 1.82) is 0 Å². The molecule has 1 fully saturated rings. The maximum absolute atomic E-state index is 13.3. The van der Waals surface area contributed by atoms with Crippen LogP contribution in [0.4, 0.5) is 4.39 Å². The van der Waals surface area contributed by atoms with Crippen LogP contribution in [0.1, 0.15) is 11.5 Å². The van der Waals surface area contributed by atoms with Crippen molar-refractivity contribution in [2.45, 2.75) is 12.1 Å². The molecule has 70 valence electrons. The maximum Gasteiger partial charge on any atom is 0.126 e. The monoisotopic (exact) mass is 181 g/mol. The van der Waals surface area contributed by atoms with Crippen LogP contribution in [0, 0.1) is 5.82 Å². The third-order valence-corrected chi connectivity index (χ3v) is 2.33. The Labute approximate surface area is 76.1 Å². The first-order chi connectivity index (χ1) is 6.29. The van der Waals surface area contributed by atoms with Gasteiger partial charge in [0.05, 0.1) is 6.17 Å². The average Bonchev–Trinajstić information content (AvgIpc) is 2.52. The Kier molecular flexibility index (Phi) is 2.26. The van der Waals surface area contributed by atoms with Crippen molar-refractivity contribution in [3.05, 3.63) is 35.6 Å². The van der Waals surface area contributed by atoms with Crippen molar-refractivity contribution in [2.24, 2.45) is 5.73 Å². The summed E-state index contributed by atoms with van der Waals surface area (Å²) in [4.78, 5) is 0. The Morgan fingerprint density at radius 3 is 2.77 bits per heavy atom. The first-order valence-corrected chi connectivity index (χ1v) is 4.27. The quantitative estimate of drug-likeness (QED) is 0.584. The van der Waals surface area contributed by atoms with Gasteiger partial charge in [-0.2, -0.15) is 0 Å². The molecule has 2 rings (SSSR count). The van der Waals surface area contributed by atoms with E-state index in [0.29, 0.717) is 12.1 Å². The molecule has 2 unspecified atom stereocenters. The van der Waals surface area contributed by atoms with E-state index in [1.54, 1.807) is 12.1 Å². The summed E-state index contributed by atoms with van der Waals surface area (Å²) < 4.78 is 13.3. The van der Waals surface area contributed by atoms with Crippen LogP contribution in [-0.4, -0.2) is 12.7 Å². The molecule has 3 nitrogen and oxygen atoms in total. The van der Waals surface area contributed by atoms with Crippen molar-refractivity contribution in [3.8, 4) is 0 Å². The molecule has 0 aliphatic carbocycles. The third-order valence-electron chi connectivity index (χ3n) is 2.33. The van der Waals surface area contributed by atoms with Crippen LogP contribution in [-0.2, 0) is 0 Å². The highest BCUT2D eigenvalue weighted by molar-refractivity contribution is 5.24. The SMILES string of the molecule is NC1NNCC1c1ccccc1F. The van der Waals surface area contributed by atoms with Crippen LogP contribution in [0.2, 0.25) is 0 Å². The first-order valence-electron chi connectivity index (χ1n) is 4.27. The van der Waals surface area contributed by atoms with Gasteiger partial charge in [-0.3, -0.25) is 5.43 Å². The van der Waals surface area contributed by atoms with E-state index >= 15 is 0 Å². The molecule has 13 heavy (non-hydrogen) atoms. The molecule has 0 saturated carbocycles. The summed E-state index contributed by atoms with van der Waals surface area (Å²) in [6.45, 7) is 0.669. The summed E-state index contributed by atoms with van der Waals surface area (Å²) in [5, 5.41) is 0. The molecule has 1 saturated heterocycles. The van der Waals surface area contributed by atoms with Gasteiger partial charge in [0.15, 0.2) is 0 Å². The molecule has 2 atom stereocenters. The standard InChI is InChI=1S/C9H12FN3/c10-8-4-2-1-3-6(8)7-5-12-13-9(7)11/h1-4,7,9,12-13H,5,11H2. The number of rotatable bonds is 1. The highest BCUT2D eigenvalue weighted by Crippen LogP contribution is 2.21. The number of hydrogen-bond donors (Lipinski definition) is 3. The molecule has 4 N–H and O–H groups in total. The molecule has 1 heterocycles. The van der Waals surface area contributed by atoms with Gasteiger partial charge in [0, 0.05) is 12.5 Å². The zero-order valence-corrected chi connectivity index (χ0v) is 7.13. The predicted octanol–water partition coefficient (Wildman–Crippen LogP) is 0.302. The van der Waals surface area contributed by atoms with Gasteiger partial charge in [-0.25, -0.2) is 9.82 Å². The molecule has 0 bridgehead atoms. The highest BCUT2D eigenvalue weighted by atomic mass is 19.1. The molecule has 0 aromatic heterocycles. The van der Waals surface area contributed by atoms with Crippen LogP contribution in [0.5, 0.6) is 0 Å². The second-order valence-electron chi connectivity index (χ2n) is 3.18. The molecular formula is C9H12FN3. The van der Waals surface area contributed by atoms with Gasteiger partial charge in [0.2, 0.25) is 0 Å². The lowest BCUT2D eigenvalue weighted by molar-refractivity contribution is 0.525. The number of hydrogen-bond acceptors (Lipinski definition) is 3. The summed E-state index contributed by atoms with van der Waals surface area (Å²) >= 11 is 0. The van der Waals surface area contributed by atoms with E-state index in [1.807, 2.05) is 6.07 Å². The largest absolute Gasteiger partial charge is 0.314 e. The Morgan fingerprint density at radius 1 is 1.38 bits per heavy atom. The van der Waals surface area contributed by atoms with E-state index in [0.717, 1.165) is 0 Å². The zero-order chi connectivity index (χ0) is 9.26. The van der Waals surface area contributed by atoms with E-state index in [1.165, 1.54) is 6.07 Å². The summed E-state index contributed by atoms with van der Waals surface area (Å²) in [7, 11) is 0. The summed E-state index contributed by atoms with van der Waals surface area (Å²) in [5.74, 6) is -0.172. The summed E-state index contributed by atoms with van der Waals surface area (Å²) in [6.07, 6.45) is -0.211. The number of nitrogens with one attached hydrogen (secondary N) is 2. The van der Waals surface area contributed by atoms with Gasteiger partial charge < -0.3 is 5.73 Å². The van der Waals surface area contributed by atoms with Crippen molar-refractivity contribution in [2.75, 3.05) is 6.54 Å². The van der Waals surface area contributed by atoms with Crippen molar-refractivity contribution < 1.29 is 4.39 Å². The second-order valence-corrected chi connectivity index (χ2v) is 3.18. The maximum atomic E-state index is 13.3. The second kappa shape index (κ2) is 3.41. The van der Waals surface area contributed by atoms with Crippen molar-refractivity contribution >= 4 is 0 Å². The van der Waals surface area contributed by atoms with E-state index in [2.05, 4.69) is 10.9 Å². The Bertz CT molecular complexity index is 303. The lowest BCUT2D eigenvalue weighted by Gasteiger charge is -2.14. The Morgan fingerprint density at radius 2 is 2.15 bits per heavy atom. The van der Waals surface area contributed by atoms with Gasteiger partial charge in [-0.05, 0) is 11.6 Å². The van der Waals surface area contributed by atoms with Crippen LogP contribution in [0.25, 0.3) is 0 Å².